The molecule has 0 aliphatic rings. The maximum Gasteiger partial charge on any atom is 0.180 e. The molecule has 0 saturated carbocycles. The lowest BCUT2D eigenvalue weighted by Crippen LogP contribution is -2.10. The van der Waals surface area contributed by atoms with Crippen LogP contribution in [0.3, 0.4) is 0 Å². The van der Waals surface area contributed by atoms with Gasteiger partial charge in [0.15, 0.2) is 5.82 Å². The normalized spacial score (nSPS) is 10.9. The van der Waals surface area contributed by atoms with Crippen molar-refractivity contribution in [3.8, 4) is 11.5 Å². The van der Waals surface area contributed by atoms with Gasteiger partial charge in [0.1, 0.15) is 11.5 Å². The largest absolute Gasteiger partial charge is 0.370 e. The Morgan fingerprint density at radius 3 is 2.55 bits per heavy atom. The van der Waals surface area contributed by atoms with E-state index in [1.165, 1.54) is 5.56 Å². The van der Waals surface area contributed by atoms with Gasteiger partial charge in [-0.2, -0.15) is 0 Å². The van der Waals surface area contributed by atoms with Gasteiger partial charge in [0, 0.05) is 24.0 Å². The molecular weight excluding hydrogens is 248 g/mol. The van der Waals surface area contributed by atoms with Crippen molar-refractivity contribution < 1.29 is 0 Å². The van der Waals surface area contributed by atoms with Crippen LogP contribution >= 0.6 is 0 Å². The second kappa shape index (κ2) is 5.99. The van der Waals surface area contributed by atoms with Crippen LogP contribution in [0.5, 0.6) is 0 Å². The molecule has 4 heteroatoms. The van der Waals surface area contributed by atoms with Gasteiger partial charge in [0.2, 0.25) is 0 Å². The number of hydrogen-bond donors (Lipinski definition) is 1. The van der Waals surface area contributed by atoms with Crippen LogP contribution in [0.2, 0.25) is 0 Å². The summed E-state index contributed by atoms with van der Waals surface area (Å²) in [6, 6.07) is 3.96. The monoisotopic (exact) mass is 270 g/mol. The summed E-state index contributed by atoms with van der Waals surface area (Å²) in [6.45, 7) is 11.3. The average molecular weight is 270 g/mol. The molecule has 20 heavy (non-hydrogen) atoms. The lowest BCUT2D eigenvalue weighted by Gasteiger charge is -2.16. The maximum absolute atomic E-state index is 4.69. The molecule has 0 radical (unpaired) electrons. The van der Waals surface area contributed by atoms with Crippen molar-refractivity contribution in [2.24, 2.45) is 0 Å². The molecule has 0 saturated heterocycles. The molecule has 0 aromatic carbocycles. The molecule has 0 aliphatic carbocycles. The third kappa shape index (κ3) is 2.79. The molecule has 2 heterocycles. The summed E-state index contributed by atoms with van der Waals surface area (Å²) in [5, 5.41) is 3.35. The quantitative estimate of drug-likeness (QED) is 0.920. The number of hydrogen-bond acceptors (Lipinski definition) is 4. The van der Waals surface area contributed by atoms with Crippen molar-refractivity contribution in [3.05, 3.63) is 35.2 Å². The molecule has 2 aromatic heterocycles. The lowest BCUT2D eigenvalue weighted by atomic mass is 10.0. The maximum atomic E-state index is 4.69. The molecule has 4 nitrogen and oxygen atoms in total. The molecule has 2 rings (SSSR count). The molecular formula is C16H22N4. The highest BCUT2D eigenvalue weighted by Gasteiger charge is 2.16. The van der Waals surface area contributed by atoms with Gasteiger partial charge in [0.25, 0.3) is 0 Å². The summed E-state index contributed by atoms with van der Waals surface area (Å²) in [5.41, 5.74) is 4.15. The van der Waals surface area contributed by atoms with Crippen molar-refractivity contribution in [3.63, 3.8) is 0 Å². The first-order valence-electron chi connectivity index (χ1n) is 7.09. The van der Waals surface area contributed by atoms with Gasteiger partial charge in [-0.25, -0.2) is 9.97 Å². The van der Waals surface area contributed by atoms with Crippen molar-refractivity contribution in [1.82, 2.24) is 15.0 Å². The van der Waals surface area contributed by atoms with Gasteiger partial charge < -0.3 is 5.32 Å². The number of nitrogens with one attached hydrogen (secondary N) is 1. The number of rotatable bonds is 4. The van der Waals surface area contributed by atoms with Gasteiger partial charge in [-0.15, -0.1) is 0 Å². The number of aromatic nitrogens is 3. The minimum Gasteiger partial charge on any atom is -0.370 e. The van der Waals surface area contributed by atoms with Gasteiger partial charge in [-0.1, -0.05) is 19.9 Å². The van der Waals surface area contributed by atoms with Crippen molar-refractivity contribution >= 4 is 5.82 Å². The van der Waals surface area contributed by atoms with Crippen LogP contribution in [0.15, 0.2) is 18.3 Å². The molecule has 0 atom stereocenters. The second-order valence-electron chi connectivity index (χ2n) is 5.25. The van der Waals surface area contributed by atoms with E-state index in [-0.39, 0.29) is 0 Å². The van der Waals surface area contributed by atoms with Crippen LogP contribution in [0.4, 0.5) is 5.82 Å². The Hall–Kier alpha value is -1.97. The SMILES string of the molecule is CCNc1nc(-c2ncccc2C)nc(C)c1C(C)C. The van der Waals surface area contributed by atoms with E-state index in [0.717, 1.165) is 29.3 Å². The Morgan fingerprint density at radius 1 is 1.20 bits per heavy atom. The number of anilines is 1. The lowest BCUT2D eigenvalue weighted by molar-refractivity contribution is 0.830. The van der Waals surface area contributed by atoms with E-state index in [1.807, 2.05) is 26.0 Å². The van der Waals surface area contributed by atoms with Gasteiger partial charge in [0.05, 0.1) is 0 Å². The fourth-order valence-corrected chi connectivity index (χ4v) is 2.40. The molecule has 106 valence electrons. The summed E-state index contributed by atoms with van der Waals surface area (Å²) in [5.74, 6) is 2.01. The molecule has 2 aromatic rings. The first-order chi connectivity index (χ1) is 9.54. The molecule has 0 aliphatic heterocycles. The smallest absolute Gasteiger partial charge is 0.180 e. The summed E-state index contributed by atoms with van der Waals surface area (Å²) in [4.78, 5) is 13.8. The molecule has 0 spiro atoms. The second-order valence-corrected chi connectivity index (χ2v) is 5.25. The van der Waals surface area contributed by atoms with E-state index in [9.17, 15) is 0 Å². The third-order valence-corrected chi connectivity index (χ3v) is 3.28. The number of aryl methyl sites for hydroxylation is 2. The summed E-state index contributed by atoms with van der Waals surface area (Å²) < 4.78 is 0. The predicted molar refractivity (Wildman–Crippen MR) is 83.0 cm³/mol. The topological polar surface area (TPSA) is 50.7 Å². The Morgan fingerprint density at radius 2 is 1.95 bits per heavy atom. The average Bonchev–Trinajstić information content (AvgIpc) is 2.38. The summed E-state index contributed by atoms with van der Waals surface area (Å²) in [6.07, 6.45) is 1.78. The van der Waals surface area contributed by atoms with E-state index < -0.39 is 0 Å². The number of nitrogens with zero attached hydrogens (tertiary/aromatic N) is 3. The Bertz CT molecular complexity index is 605. The predicted octanol–water partition coefficient (Wildman–Crippen LogP) is 3.71. The molecule has 0 unspecified atom stereocenters. The fourth-order valence-electron chi connectivity index (χ4n) is 2.40. The highest BCUT2D eigenvalue weighted by Crippen LogP contribution is 2.28. The van der Waals surface area contributed by atoms with E-state index in [0.29, 0.717) is 11.7 Å². The van der Waals surface area contributed by atoms with Crippen molar-refractivity contribution in [2.45, 2.75) is 40.5 Å². The van der Waals surface area contributed by atoms with Crippen LogP contribution in [-0.2, 0) is 0 Å². The van der Waals surface area contributed by atoms with Crippen molar-refractivity contribution in [1.29, 1.82) is 0 Å². The standard InChI is InChI=1S/C16H22N4/c1-6-17-15-13(10(2)3)12(5)19-16(20-15)14-11(4)8-7-9-18-14/h7-10H,6H2,1-5H3,(H,17,19,20). The molecule has 1 N–H and O–H groups in total. The van der Waals surface area contributed by atoms with Crippen LogP contribution in [0, 0.1) is 13.8 Å². The van der Waals surface area contributed by atoms with E-state index in [2.05, 4.69) is 36.1 Å². The zero-order chi connectivity index (χ0) is 14.7. The van der Waals surface area contributed by atoms with Gasteiger partial charge in [-0.3, -0.25) is 4.98 Å². The van der Waals surface area contributed by atoms with Crippen LogP contribution in [0.25, 0.3) is 11.5 Å². The Balaban J connectivity index is 2.60. The highest BCUT2D eigenvalue weighted by molar-refractivity contribution is 5.59. The van der Waals surface area contributed by atoms with Crippen LogP contribution in [0.1, 0.15) is 43.5 Å². The molecule has 0 amide bonds. The molecule has 0 fully saturated rings. The van der Waals surface area contributed by atoms with E-state index >= 15 is 0 Å². The number of pyridine rings is 1. The minimum absolute atomic E-state index is 0.392. The first-order valence-corrected chi connectivity index (χ1v) is 7.09. The van der Waals surface area contributed by atoms with Crippen LogP contribution < -0.4 is 5.32 Å². The van der Waals surface area contributed by atoms with Crippen LogP contribution in [-0.4, -0.2) is 21.5 Å². The van der Waals surface area contributed by atoms with E-state index in [4.69, 9.17) is 4.98 Å². The Kier molecular flexibility index (Phi) is 4.32. The zero-order valence-electron chi connectivity index (χ0n) is 12.9. The summed E-state index contributed by atoms with van der Waals surface area (Å²) in [7, 11) is 0. The fraction of sp³-hybridized carbons (Fsp3) is 0.438. The summed E-state index contributed by atoms with van der Waals surface area (Å²) >= 11 is 0. The van der Waals surface area contributed by atoms with E-state index in [1.54, 1.807) is 6.20 Å². The molecule has 0 bridgehead atoms. The highest BCUT2D eigenvalue weighted by atomic mass is 15.0. The minimum atomic E-state index is 0.392. The van der Waals surface area contributed by atoms with Gasteiger partial charge >= 0.3 is 0 Å². The zero-order valence-corrected chi connectivity index (χ0v) is 12.9. The van der Waals surface area contributed by atoms with Gasteiger partial charge in [-0.05, 0) is 38.3 Å². The third-order valence-electron chi connectivity index (χ3n) is 3.28. The first kappa shape index (κ1) is 14.4. The Labute approximate surface area is 120 Å². The van der Waals surface area contributed by atoms with Crippen molar-refractivity contribution in [2.75, 3.05) is 11.9 Å².